The Morgan fingerprint density at radius 1 is 1.02 bits per heavy atom. The number of ether oxygens (including phenoxy) is 1. The summed E-state index contributed by atoms with van der Waals surface area (Å²) in [5.41, 5.74) is 6.18. The maximum Gasteiger partial charge on any atom is 0.573 e. The Balaban J connectivity index is 1.06. The molecule has 45 heavy (non-hydrogen) atoms. The number of aryl methyl sites for hydroxylation is 2. The summed E-state index contributed by atoms with van der Waals surface area (Å²) in [6.07, 6.45) is 1.28. The number of amides is 1. The van der Waals surface area contributed by atoms with Crippen molar-refractivity contribution in [2.75, 3.05) is 17.2 Å². The molecule has 1 amide bonds. The van der Waals surface area contributed by atoms with Gasteiger partial charge in [-0.3, -0.25) is 4.79 Å². The van der Waals surface area contributed by atoms with Gasteiger partial charge in [0.05, 0.1) is 5.69 Å². The highest BCUT2D eigenvalue weighted by atomic mass is 32.2. The second kappa shape index (κ2) is 13.1. The van der Waals surface area contributed by atoms with Crippen LogP contribution in [0.2, 0.25) is 0 Å². The van der Waals surface area contributed by atoms with Gasteiger partial charge in [-0.2, -0.15) is 4.99 Å². The number of aromatic nitrogens is 3. The van der Waals surface area contributed by atoms with Gasteiger partial charge in [0.15, 0.2) is 11.0 Å². The molecule has 1 aliphatic heterocycles. The monoisotopic (exact) mass is 633 g/mol. The van der Waals surface area contributed by atoms with E-state index < -0.39 is 6.36 Å². The van der Waals surface area contributed by atoms with Crippen molar-refractivity contribution in [2.24, 2.45) is 10.9 Å². The highest BCUT2D eigenvalue weighted by Crippen LogP contribution is 2.40. The van der Waals surface area contributed by atoms with Crippen LogP contribution in [0.5, 0.6) is 5.75 Å². The van der Waals surface area contributed by atoms with E-state index in [0.717, 1.165) is 54.4 Å². The van der Waals surface area contributed by atoms with Crippen molar-refractivity contribution >= 4 is 28.5 Å². The third-order valence-electron chi connectivity index (χ3n) is 8.39. The summed E-state index contributed by atoms with van der Waals surface area (Å²) in [5, 5.41) is 5.31. The molecule has 1 aromatic heterocycles. The molecule has 0 bridgehead atoms. The van der Waals surface area contributed by atoms with Gasteiger partial charge in [-0.1, -0.05) is 54.2 Å². The SMILES string of the molecule is Cc1cccc(C)c1N1CCCSC1=NC(=O)CC1CCC(c2ccc(-c3ncn(-c4ccc(OC(F)(F)F)cc4)n3)cc2)C1. The third kappa shape index (κ3) is 7.41. The largest absolute Gasteiger partial charge is 0.573 e. The zero-order valence-electron chi connectivity index (χ0n) is 25.1. The molecule has 2 fully saturated rings. The summed E-state index contributed by atoms with van der Waals surface area (Å²) in [6, 6.07) is 19.9. The number of carbonyl (C=O) groups excluding carboxylic acids is 1. The van der Waals surface area contributed by atoms with E-state index >= 15 is 0 Å². The molecule has 3 aromatic carbocycles. The lowest BCUT2D eigenvalue weighted by Gasteiger charge is -2.32. The van der Waals surface area contributed by atoms with Crippen LogP contribution in [0.15, 0.2) is 78.0 Å². The number of carbonyl (C=O) groups is 1. The molecule has 6 rings (SSSR count). The predicted molar refractivity (Wildman–Crippen MR) is 171 cm³/mol. The van der Waals surface area contributed by atoms with E-state index in [2.05, 4.69) is 68.9 Å². The van der Waals surface area contributed by atoms with Crippen LogP contribution in [0.4, 0.5) is 18.9 Å². The Morgan fingerprint density at radius 2 is 1.76 bits per heavy atom. The summed E-state index contributed by atoms with van der Waals surface area (Å²) in [5.74, 6) is 1.83. The number of nitrogens with zero attached hydrogens (tertiary/aromatic N) is 5. The first-order valence-corrected chi connectivity index (χ1v) is 16.1. The fourth-order valence-corrected chi connectivity index (χ4v) is 7.24. The van der Waals surface area contributed by atoms with Gasteiger partial charge in [0.1, 0.15) is 12.1 Å². The smallest absolute Gasteiger partial charge is 0.406 e. The van der Waals surface area contributed by atoms with Crippen molar-refractivity contribution in [3.05, 3.63) is 89.7 Å². The molecule has 1 aliphatic carbocycles. The molecule has 2 atom stereocenters. The number of thioether (sulfide) groups is 1. The maximum absolute atomic E-state index is 13.1. The Morgan fingerprint density at radius 3 is 2.47 bits per heavy atom. The van der Waals surface area contributed by atoms with Gasteiger partial charge >= 0.3 is 6.36 Å². The number of alkyl halides is 3. The van der Waals surface area contributed by atoms with E-state index in [1.54, 1.807) is 11.8 Å². The first kappa shape index (κ1) is 30.9. The Bertz CT molecular complexity index is 1670. The second-order valence-corrected chi connectivity index (χ2v) is 12.7. The summed E-state index contributed by atoms with van der Waals surface area (Å²) < 4.78 is 42.8. The minimum atomic E-state index is -4.74. The van der Waals surface area contributed by atoms with Crippen molar-refractivity contribution in [1.29, 1.82) is 0 Å². The van der Waals surface area contributed by atoms with E-state index in [1.165, 1.54) is 52.0 Å². The first-order valence-electron chi connectivity index (χ1n) is 15.1. The molecule has 1 saturated carbocycles. The van der Waals surface area contributed by atoms with E-state index in [4.69, 9.17) is 0 Å². The van der Waals surface area contributed by atoms with Crippen LogP contribution >= 0.6 is 11.8 Å². The van der Waals surface area contributed by atoms with Crippen molar-refractivity contribution < 1.29 is 22.7 Å². The fourth-order valence-electron chi connectivity index (χ4n) is 6.28. The topological polar surface area (TPSA) is 72.6 Å². The van der Waals surface area contributed by atoms with Crippen LogP contribution in [-0.2, 0) is 4.79 Å². The minimum Gasteiger partial charge on any atom is -0.406 e. The van der Waals surface area contributed by atoms with Crippen LogP contribution in [0, 0.1) is 19.8 Å². The van der Waals surface area contributed by atoms with Crippen molar-refractivity contribution in [3.8, 4) is 22.8 Å². The van der Waals surface area contributed by atoms with Gasteiger partial charge < -0.3 is 9.64 Å². The number of benzene rings is 3. The average molecular weight is 634 g/mol. The second-order valence-electron chi connectivity index (χ2n) is 11.6. The van der Waals surface area contributed by atoms with E-state index in [9.17, 15) is 18.0 Å². The van der Waals surface area contributed by atoms with Crippen molar-refractivity contribution in [3.63, 3.8) is 0 Å². The Labute approximate surface area is 264 Å². The predicted octanol–water partition coefficient (Wildman–Crippen LogP) is 8.25. The first-order chi connectivity index (χ1) is 21.6. The lowest BCUT2D eigenvalue weighted by Crippen LogP contribution is -2.35. The van der Waals surface area contributed by atoms with Crippen molar-refractivity contribution in [2.45, 2.75) is 58.2 Å². The van der Waals surface area contributed by atoms with Gasteiger partial charge in [0, 0.05) is 30.0 Å². The van der Waals surface area contributed by atoms with E-state index in [0.29, 0.717) is 29.8 Å². The summed E-state index contributed by atoms with van der Waals surface area (Å²) in [4.78, 5) is 24.4. The lowest BCUT2D eigenvalue weighted by molar-refractivity contribution is -0.274. The molecule has 11 heteroatoms. The molecule has 1 saturated heterocycles. The van der Waals surface area contributed by atoms with Gasteiger partial charge in [-0.15, -0.1) is 18.3 Å². The molecule has 0 N–H and O–H groups in total. The fraction of sp³-hybridized carbons (Fsp3) is 0.353. The van der Waals surface area contributed by atoms with Gasteiger partial charge in [-0.05, 0) is 92.3 Å². The number of halogens is 3. The average Bonchev–Trinajstić information content (AvgIpc) is 3.68. The molecule has 2 heterocycles. The summed E-state index contributed by atoms with van der Waals surface area (Å²) in [6.45, 7) is 5.09. The zero-order chi connectivity index (χ0) is 31.6. The molecule has 234 valence electrons. The minimum absolute atomic E-state index is 0.0409. The number of amidine groups is 1. The van der Waals surface area contributed by atoms with Gasteiger partial charge in [0.25, 0.3) is 0 Å². The Hall–Kier alpha value is -4.12. The molecule has 0 spiro atoms. The van der Waals surface area contributed by atoms with Gasteiger partial charge in [0.2, 0.25) is 5.91 Å². The van der Waals surface area contributed by atoms with Crippen LogP contribution in [0.3, 0.4) is 0 Å². The quantitative estimate of drug-likeness (QED) is 0.204. The number of hydrogen-bond donors (Lipinski definition) is 0. The molecule has 4 aromatic rings. The number of rotatable bonds is 7. The highest BCUT2D eigenvalue weighted by molar-refractivity contribution is 8.14. The molecule has 7 nitrogen and oxygen atoms in total. The zero-order valence-corrected chi connectivity index (χ0v) is 25.9. The van der Waals surface area contributed by atoms with Crippen LogP contribution < -0.4 is 9.64 Å². The maximum atomic E-state index is 13.1. The normalized spacial score (nSPS) is 19.7. The molecular weight excluding hydrogens is 599 g/mol. The highest BCUT2D eigenvalue weighted by Gasteiger charge is 2.31. The number of para-hydroxylation sites is 1. The molecular formula is C34H34F3N5O2S. The molecule has 0 radical (unpaired) electrons. The van der Waals surface area contributed by atoms with E-state index in [1.807, 2.05) is 12.1 Å². The molecule has 2 unspecified atom stereocenters. The third-order valence-corrected chi connectivity index (χ3v) is 9.45. The number of aliphatic imine (C=N–C) groups is 1. The van der Waals surface area contributed by atoms with Crippen LogP contribution in [0.25, 0.3) is 17.1 Å². The van der Waals surface area contributed by atoms with Crippen LogP contribution in [-0.4, -0.2) is 44.5 Å². The summed E-state index contributed by atoms with van der Waals surface area (Å²) >= 11 is 1.67. The number of anilines is 1. The lowest BCUT2D eigenvalue weighted by atomic mass is 9.94. The van der Waals surface area contributed by atoms with Crippen molar-refractivity contribution in [1.82, 2.24) is 14.8 Å². The van der Waals surface area contributed by atoms with E-state index in [-0.39, 0.29) is 11.7 Å². The standard InChI is InChI=1S/C34H34F3N5O2S/c1-22-5-3-6-23(2)31(22)41-17-4-18-45-33(41)39-30(43)20-24-7-8-27(19-24)25-9-11-26(12-10-25)32-38-21-42(40-32)28-13-15-29(16-14-28)44-34(35,36)37/h3,5-6,9-16,21,24,27H,4,7-8,17-20H2,1-2H3. The number of hydrogen-bond acceptors (Lipinski definition) is 5. The van der Waals surface area contributed by atoms with Gasteiger partial charge in [-0.25, -0.2) is 9.67 Å². The van der Waals surface area contributed by atoms with Crippen LogP contribution in [0.1, 0.15) is 54.7 Å². The Kier molecular flexibility index (Phi) is 8.98. The molecule has 2 aliphatic rings. The summed E-state index contributed by atoms with van der Waals surface area (Å²) in [7, 11) is 0.